The first-order valence-electron chi connectivity index (χ1n) is 9.30. The first-order valence-corrected chi connectivity index (χ1v) is 11.2. The molecule has 2 aromatic carbocycles. The first kappa shape index (κ1) is 21.0. The maximum atomic E-state index is 12.7. The summed E-state index contributed by atoms with van der Waals surface area (Å²) in [6, 6.07) is 8.69. The highest BCUT2D eigenvalue weighted by molar-refractivity contribution is 7.92. The Morgan fingerprint density at radius 2 is 1.72 bits per heavy atom. The number of benzene rings is 2. The van der Waals surface area contributed by atoms with Gasteiger partial charge in [0, 0.05) is 6.07 Å². The molecule has 7 nitrogen and oxygen atoms in total. The fourth-order valence-electron chi connectivity index (χ4n) is 3.39. The summed E-state index contributed by atoms with van der Waals surface area (Å²) in [5, 5.41) is 2.91. The van der Waals surface area contributed by atoms with Crippen molar-refractivity contribution in [2.75, 3.05) is 23.9 Å². The van der Waals surface area contributed by atoms with Crippen molar-refractivity contribution in [3.63, 3.8) is 0 Å². The second-order valence-corrected chi connectivity index (χ2v) is 9.30. The summed E-state index contributed by atoms with van der Waals surface area (Å²) in [5.74, 6) is 0.611. The molecule has 1 atom stereocenters. The second-order valence-electron chi connectivity index (χ2n) is 7.39. The molecule has 1 amide bonds. The van der Waals surface area contributed by atoms with Crippen molar-refractivity contribution in [3.05, 3.63) is 52.6 Å². The lowest BCUT2D eigenvalue weighted by atomic mass is 9.96. The van der Waals surface area contributed by atoms with E-state index in [-0.39, 0.29) is 19.4 Å². The lowest BCUT2D eigenvalue weighted by molar-refractivity contribution is -0.120. The number of rotatable bonds is 6. The van der Waals surface area contributed by atoms with Gasteiger partial charge in [0.25, 0.3) is 0 Å². The van der Waals surface area contributed by atoms with Crippen molar-refractivity contribution in [2.45, 2.75) is 33.7 Å². The molecule has 0 fully saturated rings. The van der Waals surface area contributed by atoms with Gasteiger partial charge in [-0.2, -0.15) is 0 Å². The van der Waals surface area contributed by atoms with Gasteiger partial charge in [-0.1, -0.05) is 12.1 Å². The molecule has 0 bridgehead atoms. The third kappa shape index (κ3) is 4.64. The smallest absolute Gasteiger partial charge is 0.241 e. The van der Waals surface area contributed by atoms with E-state index in [0.717, 1.165) is 27.3 Å². The molecule has 0 unspecified atom stereocenters. The van der Waals surface area contributed by atoms with Crippen molar-refractivity contribution in [1.29, 1.82) is 0 Å². The Kier molecular flexibility index (Phi) is 5.75. The molecule has 2 aromatic rings. The Morgan fingerprint density at radius 1 is 1.07 bits per heavy atom. The van der Waals surface area contributed by atoms with E-state index in [1.807, 2.05) is 27.7 Å². The lowest BCUT2D eigenvalue weighted by Gasteiger charge is -2.24. The van der Waals surface area contributed by atoms with Crippen molar-refractivity contribution >= 4 is 21.6 Å². The van der Waals surface area contributed by atoms with Crippen LogP contribution in [0.5, 0.6) is 11.5 Å². The van der Waals surface area contributed by atoms with Gasteiger partial charge in [-0.15, -0.1) is 0 Å². The minimum Gasteiger partial charge on any atom is -0.454 e. The van der Waals surface area contributed by atoms with E-state index in [0.29, 0.717) is 17.2 Å². The van der Waals surface area contributed by atoms with E-state index in [1.165, 1.54) is 5.56 Å². The van der Waals surface area contributed by atoms with Gasteiger partial charge in [-0.05, 0) is 62.1 Å². The highest BCUT2D eigenvalue weighted by Gasteiger charge is 2.24. The second kappa shape index (κ2) is 7.94. The van der Waals surface area contributed by atoms with E-state index in [9.17, 15) is 13.2 Å². The van der Waals surface area contributed by atoms with Crippen LogP contribution >= 0.6 is 0 Å². The SMILES string of the molecule is Cc1cc(C)c([C@@H](C)NC(=O)CN(c2ccc3c(c2)OCO3)S(C)(=O)=O)cc1C. The van der Waals surface area contributed by atoms with Crippen LogP contribution in [0.15, 0.2) is 30.3 Å². The van der Waals surface area contributed by atoms with Gasteiger partial charge in [0.1, 0.15) is 6.54 Å². The normalized spacial score (nSPS) is 13.8. The Bertz CT molecular complexity index is 1050. The molecule has 156 valence electrons. The van der Waals surface area contributed by atoms with Crippen molar-refractivity contribution in [2.24, 2.45) is 0 Å². The van der Waals surface area contributed by atoms with E-state index in [1.54, 1.807) is 18.2 Å². The number of carbonyl (C=O) groups is 1. The van der Waals surface area contributed by atoms with E-state index >= 15 is 0 Å². The van der Waals surface area contributed by atoms with Crippen molar-refractivity contribution in [1.82, 2.24) is 5.32 Å². The average molecular weight is 419 g/mol. The summed E-state index contributed by atoms with van der Waals surface area (Å²) in [4.78, 5) is 12.7. The number of carbonyl (C=O) groups excluding carboxylic acids is 1. The van der Waals surface area contributed by atoms with Crippen LogP contribution in [0.4, 0.5) is 5.69 Å². The minimum absolute atomic E-state index is 0.0883. The molecule has 1 heterocycles. The van der Waals surface area contributed by atoms with Crippen molar-refractivity contribution < 1.29 is 22.7 Å². The Morgan fingerprint density at radius 3 is 2.41 bits per heavy atom. The zero-order valence-corrected chi connectivity index (χ0v) is 18.1. The fraction of sp³-hybridized carbons (Fsp3) is 0.381. The molecule has 0 radical (unpaired) electrons. The van der Waals surface area contributed by atoms with Gasteiger partial charge >= 0.3 is 0 Å². The third-order valence-corrected chi connectivity index (χ3v) is 6.20. The topological polar surface area (TPSA) is 84.9 Å². The highest BCUT2D eigenvalue weighted by Crippen LogP contribution is 2.36. The van der Waals surface area contributed by atoms with E-state index in [2.05, 4.69) is 17.4 Å². The van der Waals surface area contributed by atoms with Crippen LogP contribution in [0.3, 0.4) is 0 Å². The largest absolute Gasteiger partial charge is 0.454 e. The number of aryl methyl sites for hydroxylation is 3. The molecule has 0 saturated heterocycles. The summed E-state index contributed by atoms with van der Waals surface area (Å²) in [6.07, 6.45) is 1.07. The number of nitrogens with one attached hydrogen (secondary N) is 1. The van der Waals surface area contributed by atoms with Gasteiger partial charge in [0.05, 0.1) is 18.0 Å². The Hall–Kier alpha value is -2.74. The number of sulfonamides is 1. The van der Waals surface area contributed by atoms with Crippen LogP contribution in [0.25, 0.3) is 0 Å². The van der Waals surface area contributed by atoms with Crippen LogP contribution in [0.1, 0.15) is 35.2 Å². The maximum absolute atomic E-state index is 12.7. The molecular formula is C21H26N2O5S. The Balaban J connectivity index is 1.78. The Labute approximate surface area is 171 Å². The van der Waals surface area contributed by atoms with E-state index < -0.39 is 15.9 Å². The molecule has 0 aromatic heterocycles. The van der Waals surface area contributed by atoms with Gasteiger partial charge in [0.15, 0.2) is 11.5 Å². The summed E-state index contributed by atoms with van der Waals surface area (Å²) in [6.45, 7) is 7.72. The zero-order chi connectivity index (χ0) is 21.3. The number of nitrogens with zero attached hydrogens (tertiary/aromatic N) is 1. The molecule has 1 N–H and O–H groups in total. The monoisotopic (exact) mass is 418 g/mol. The molecule has 1 aliphatic heterocycles. The number of amides is 1. The fourth-order valence-corrected chi connectivity index (χ4v) is 4.23. The lowest BCUT2D eigenvalue weighted by Crippen LogP contribution is -2.41. The average Bonchev–Trinajstić information content (AvgIpc) is 3.09. The number of fused-ring (bicyclic) bond motifs is 1. The quantitative estimate of drug-likeness (QED) is 0.780. The number of hydrogen-bond donors (Lipinski definition) is 1. The van der Waals surface area contributed by atoms with Gasteiger partial charge < -0.3 is 14.8 Å². The maximum Gasteiger partial charge on any atom is 0.241 e. The van der Waals surface area contributed by atoms with Crippen LogP contribution in [-0.4, -0.2) is 33.9 Å². The molecular weight excluding hydrogens is 392 g/mol. The number of hydrogen-bond acceptors (Lipinski definition) is 5. The van der Waals surface area contributed by atoms with Crippen LogP contribution in [0, 0.1) is 20.8 Å². The standard InChI is InChI=1S/C21H26N2O5S/c1-13-8-15(3)18(9-14(13)2)16(4)22-21(24)11-23(29(5,25)26)17-6-7-19-20(10-17)28-12-27-19/h6-10,16H,11-12H2,1-5H3,(H,22,24)/t16-/m1/s1. The molecule has 29 heavy (non-hydrogen) atoms. The summed E-state index contributed by atoms with van der Waals surface area (Å²) in [5.41, 5.74) is 4.77. The van der Waals surface area contributed by atoms with Gasteiger partial charge in [-0.3, -0.25) is 9.10 Å². The number of ether oxygens (including phenoxy) is 2. The van der Waals surface area contributed by atoms with Gasteiger partial charge in [0.2, 0.25) is 22.7 Å². The first-order chi connectivity index (χ1) is 13.6. The third-order valence-electron chi connectivity index (χ3n) is 5.06. The molecule has 0 aliphatic carbocycles. The van der Waals surface area contributed by atoms with Crippen LogP contribution in [0.2, 0.25) is 0 Å². The molecule has 0 spiro atoms. The van der Waals surface area contributed by atoms with E-state index in [4.69, 9.17) is 9.47 Å². The van der Waals surface area contributed by atoms with Gasteiger partial charge in [-0.25, -0.2) is 8.42 Å². The summed E-state index contributed by atoms with van der Waals surface area (Å²) >= 11 is 0. The summed E-state index contributed by atoms with van der Waals surface area (Å²) < 4.78 is 36.3. The molecule has 0 saturated carbocycles. The molecule has 8 heteroatoms. The number of anilines is 1. The predicted octanol–water partition coefficient (Wildman–Crippen LogP) is 2.98. The molecule has 3 rings (SSSR count). The highest BCUT2D eigenvalue weighted by atomic mass is 32.2. The van der Waals surface area contributed by atoms with Crippen LogP contribution < -0.4 is 19.1 Å². The van der Waals surface area contributed by atoms with Crippen LogP contribution in [-0.2, 0) is 14.8 Å². The molecule has 1 aliphatic rings. The summed E-state index contributed by atoms with van der Waals surface area (Å²) in [7, 11) is -3.68. The minimum atomic E-state index is -3.68. The predicted molar refractivity (Wildman–Crippen MR) is 112 cm³/mol. The van der Waals surface area contributed by atoms with Crippen molar-refractivity contribution in [3.8, 4) is 11.5 Å². The zero-order valence-electron chi connectivity index (χ0n) is 17.3.